The van der Waals surface area contributed by atoms with Crippen LogP contribution in [0.2, 0.25) is 5.02 Å². The van der Waals surface area contributed by atoms with Gasteiger partial charge in [-0.3, -0.25) is 16.1 Å². The van der Waals surface area contributed by atoms with E-state index in [0.29, 0.717) is 6.54 Å². The van der Waals surface area contributed by atoms with Crippen molar-refractivity contribution in [2.24, 2.45) is 0 Å². The largest absolute Gasteiger partial charge is 0.356 e. The standard InChI is InChI=1S/C12H18ClN5/c1-18(2)12(15)17-11(14)16-8-7-9-3-5-10(13)6-4-9/h3-6H,7-8H2,1-2H3,(H4,14,15,16,17). The van der Waals surface area contributed by atoms with Crippen LogP contribution in [0, 0.1) is 10.8 Å². The van der Waals surface area contributed by atoms with Gasteiger partial charge in [0.2, 0.25) is 0 Å². The second-order valence-corrected chi connectivity index (χ2v) is 4.48. The summed E-state index contributed by atoms with van der Waals surface area (Å²) in [5.74, 6) is 0.307. The first-order valence-electron chi connectivity index (χ1n) is 5.59. The van der Waals surface area contributed by atoms with E-state index in [1.165, 1.54) is 0 Å². The molecule has 1 aromatic rings. The third-order valence-electron chi connectivity index (χ3n) is 2.32. The Kier molecular flexibility index (Phi) is 5.45. The SMILES string of the molecule is CN(C)C(=N)NC(=N)NCCc1ccc(Cl)cc1. The Balaban J connectivity index is 2.27. The molecule has 0 aromatic heterocycles. The zero-order valence-electron chi connectivity index (χ0n) is 10.5. The topological polar surface area (TPSA) is 75.0 Å². The Morgan fingerprint density at radius 3 is 2.39 bits per heavy atom. The van der Waals surface area contributed by atoms with Crippen molar-refractivity contribution in [1.29, 1.82) is 10.8 Å². The molecule has 18 heavy (non-hydrogen) atoms. The van der Waals surface area contributed by atoms with Crippen molar-refractivity contribution in [3.8, 4) is 0 Å². The molecular weight excluding hydrogens is 250 g/mol. The zero-order valence-corrected chi connectivity index (χ0v) is 11.3. The highest BCUT2D eigenvalue weighted by molar-refractivity contribution is 6.30. The molecule has 0 radical (unpaired) electrons. The van der Waals surface area contributed by atoms with Crippen LogP contribution in [0.15, 0.2) is 24.3 Å². The van der Waals surface area contributed by atoms with Gasteiger partial charge in [-0.05, 0) is 24.1 Å². The molecule has 0 aliphatic carbocycles. The molecule has 0 atom stereocenters. The van der Waals surface area contributed by atoms with E-state index in [-0.39, 0.29) is 11.9 Å². The number of benzene rings is 1. The van der Waals surface area contributed by atoms with Gasteiger partial charge in [0, 0.05) is 25.7 Å². The lowest BCUT2D eigenvalue weighted by molar-refractivity contribution is 0.597. The fourth-order valence-corrected chi connectivity index (χ4v) is 1.38. The molecule has 1 rings (SSSR count). The van der Waals surface area contributed by atoms with Crippen LogP contribution in [-0.2, 0) is 6.42 Å². The molecule has 0 aliphatic heterocycles. The number of halogens is 1. The highest BCUT2D eigenvalue weighted by Crippen LogP contribution is 2.09. The van der Waals surface area contributed by atoms with E-state index in [2.05, 4.69) is 10.6 Å². The van der Waals surface area contributed by atoms with Crippen LogP contribution in [0.1, 0.15) is 5.56 Å². The summed E-state index contributed by atoms with van der Waals surface area (Å²) >= 11 is 5.80. The Bertz CT molecular complexity index is 413. The van der Waals surface area contributed by atoms with Gasteiger partial charge in [-0.25, -0.2) is 0 Å². The fraction of sp³-hybridized carbons (Fsp3) is 0.333. The quantitative estimate of drug-likeness (QED) is 0.495. The van der Waals surface area contributed by atoms with Crippen molar-refractivity contribution in [1.82, 2.24) is 15.5 Å². The predicted octanol–water partition coefficient (Wildman–Crippen LogP) is 1.49. The minimum absolute atomic E-state index is 0.127. The normalized spacial score (nSPS) is 9.72. The van der Waals surface area contributed by atoms with Crippen LogP contribution in [0.5, 0.6) is 0 Å². The first-order chi connectivity index (χ1) is 8.49. The number of nitrogens with zero attached hydrogens (tertiary/aromatic N) is 1. The van der Waals surface area contributed by atoms with Gasteiger partial charge in [-0.15, -0.1) is 0 Å². The van der Waals surface area contributed by atoms with Crippen LogP contribution in [0.4, 0.5) is 0 Å². The minimum Gasteiger partial charge on any atom is -0.356 e. The molecule has 6 heteroatoms. The van der Waals surface area contributed by atoms with Crippen molar-refractivity contribution in [3.63, 3.8) is 0 Å². The lowest BCUT2D eigenvalue weighted by Gasteiger charge is -2.16. The van der Waals surface area contributed by atoms with E-state index in [9.17, 15) is 0 Å². The number of guanidine groups is 2. The van der Waals surface area contributed by atoms with Crippen LogP contribution in [0.3, 0.4) is 0 Å². The molecule has 5 nitrogen and oxygen atoms in total. The van der Waals surface area contributed by atoms with E-state index in [1.54, 1.807) is 19.0 Å². The number of hydrogen-bond acceptors (Lipinski definition) is 2. The third-order valence-corrected chi connectivity index (χ3v) is 2.57. The van der Waals surface area contributed by atoms with E-state index < -0.39 is 0 Å². The van der Waals surface area contributed by atoms with Crippen molar-refractivity contribution in [2.75, 3.05) is 20.6 Å². The molecule has 0 heterocycles. The summed E-state index contributed by atoms with van der Waals surface area (Å²) in [6.45, 7) is 0.633. The molecule has 0 saturated carbocycles. The first kappa shape index (κ1) is 14.3. The molecule has 0 unspecified atom stereocenters. The van der Waals surface area contributed by atoms with E-state index >= 15 is 0 Å². The summed E-state index contributed by atoms with van der Waals surface area (Å²) in [7, 11) is 3.49. The predicted molar refractivity (Wildman–Crippen MR) is 75.4 cm³/mol. The van der Waals surface area contributed by atoms with Gasteiger partial charge in [0.25, 0.3) is 0 Å². The molecule has 0 spiro atoms. The summed E-state index contributed by atoms with van der Waals surface area (Å²) in [6, 6.07) is 7.62. The molecule has 0 aliphatic rings. The second-order valence-electron chi connectivity index (χ2n) is 4.05. The van der Waals surface area contributed by atoms with Crippen molar-refractivity contribution >= 4 is 23.5 Å². The van der Waals surface area contributed by atoms with Crippen LogP contribution in [0.25, 0.3) is 0 Å². The molecular formula is C12H18ClN5. The monoisotopic (exact) mass is 267 g/mol. The maximum atomic E-state index is 7.60. The third kappa shape index (κ3) is 5.05. The van der Waals surface area contributed by atoms with Gasteiger partial charge in [-0.2, -0.15) is 0 Å². The van der Waals surface area contributed by atoms with Gasteiger partial charge < -0.3 is 10.2 Å². The van der Waals surface area contributed by atoms with E-state index in [4.69, 9.17) is 22.4 Å². The summed E-state index contributed by atoms with van der Waals surface area (Å²) < 4.78 is 0. The Morgan fingerprint density at radius 2 is 1.83 bits per heavy atom. The maximum Gasteiger partial charge on any atom is 0.197 e. The van der Waals surface area contributed by atoms with Crippen LogP contribution < -0.4 is 10.6 Å². The number of rotatable bonds is 3. The van der Waals surface area contributed by atoms with Gasteiger partial charge in [-0.1, -0.05) is 23.7 Å². The molecule has 1 aromatic carbocycles. The lowest BCUT2D eigenvalue weighted by Crippen LogP contribution is -2.45. The van der Waals surface area contributed by atoms with Crippen LogP contribution in [-0.4, -0.2) is 37.5 Å². The average Bonchev–Trinajstić information content (AvgIpc) is 2.31. The maximum absolute atomic E-state index is 7.60. The fourth-order valence-electron chi connectivity index (χ4n) is 1.26. The zero-order chi connectivity index (χ0) is 13.5. The van der Waals surface area contributed by atoms with E-state index in [1.807, 2.05) is 24.3 Å². The lowest BCUT2D eigenvalue weighted by atomic mass is 10.1. The molecule has 98 valence electrons. The van der Waals surface area contributed by atoms with E-state index in [0.717, 1.165) is 17.0 Å². The van der Waals surface area contributed by atoms with Gasteiger partial charge in [0.1, 0.15) is 0 Å². The molecule has 0 saturated heterocycles. The number of nitrogens with one attached hydrogen (secondary N) is 4. The molecule has 4 N–H and O–H groups in total. The Labute approximate surface area is 112 Å². The minimum atomic E-state index is 0.127. The van der Waals surface area contributed by atoms with Gasteiger partial charge in [0.15, 0.2) is 11.9 Å². The Morgan fingerprint density at radius 1 is 1.22 bits per heavy atom. The van der Waals surface area contributed by atoms with Crippen molar-refractivity contribution in [2.45, 2.75) is 6.42 Å². The summed E-state index contributed by atoms with van der Waals surface area (Å²) in [5.41, 5.74) is 1.15. The second kappa shape index (κ2) is 6.86. The highest BCUT2D eigenvalue weighted by atomic mass is 35.5. The highest BCUT2D eigenvalue weighted by Gasteiger charge is 2.01. The van der Waals surface area contributed by atoms with Crippen LogP contribution >= 0.6 is 11.6 Å². The number of hydrogen-bond donors (Lipinski definition) is 4. The molecule has 0 amide bonds. The smallest absolute Gasteiger partial charge is 0.197 e. The van der Waals surface area contributed by atoms with Gasteiger partial charge in [0.05, 0.1) is 0 Å². The summed E-state index contributed by atoms with van der Waals surface area (Å²) in [5, 5.41) is 21.4. The Hall–Kier alpha value is -1.75. The molecule has 0 bridgehead atoms. The summed E-state index contributed by atoms with van der Waals surface area (Å²) in [4.78, 5) is 1.59. The first-order valence-corrected chi connectivity index (χ1v) is 5.96. The average molecular weight is 268 g/mol. The molecule has 0 fully saturated rings. The van der Waals surface area contributed by atoms with Crippen molar-refractivity contribution in [3.05, 3.63) is 34.9 Å². The summed E-state index contributed by atoms with van der Waals surface area (Å²) in [6.07, 6.45) is 0.802. The van der Waals surface area contributed by atoms with Gasteiger partial charge >= 0.3 is 0 Å². The van der Waals surface area contributed by atoms with Crippen molar-refractivity contribution < 1.29 is 0 Å².